The molecule has 12 rings (SSSR count). The van der Waals surface area contributed by atoms with Crippen molar-refractivity contribution in [3.8, 4) is 44.6 Å². The topological polar surface area (TPSA) is 52.1 Å². The summed E-state index contributed by atoms with van der Waals surface area (Å²) in [5.41, 5.74) is 16.5. The van der Waals surface area contributed by atoms with E-state index in [4.69, 9.17) is 18.8 Å². The van der Waals surface area contributed by atoms with Crippen LogP contribution in [0.5, 0.6) is 0 Å². The van der Waals surface area contributed by atoms with Crippen molar-refractivity contribution in [1.82, 2.24) is 9.97 Å². The molecule has 0 aliphatic rings. The van der Waals surface area contributed by atoms with Crippen LogP contribution in [-0.4, -0.2) is 9.97 Å². The molecular formula is C60H46N2O2. The molecule has 0 atom stereocenters. The second-order valence-corrected chi connectivity index (χ2v) is 19.4. The van der Waals surface area contributed by atoms with Crippen molar-refractivity contribution in [1.29, 1.82) is 0 Å². The fourth-order valence-electron chi connectivity index (χ4n) is 9.69. The molecule has 0 spiro atoms. The van der Waals surface area contributed by atoms with Crippen LogP contribution in [0.1, 0.15) is 52.7 Å². The van der Waals surface area contributed by atoms with Crippen LogP contribution in [0.4, 0.5) is 0 Å². The molecule has 0 N–H and O–H groups in total. The summed E-state index contributed by atoms with van der Waals surface area (Å²) in [5.74, 6) is 0. The second-order valence-electron chi connectivity index (χ2n) is 19.4. The maximum atomic E-state index is 6.85. The summed E-state index contributed by atoms with van der Waals surface area (Å²) < 4.78 is 13.1. The summed E-state index contributed by atoms with van der Waals surface area (Å²) in [6.07, 6.45) is 1.94. The van der Waals surface area contributed by atoms with E-state index >= 15 is 0 Å². The van der Waals surface area contributed by atoms with Gasteiger partial charge in [0.2, 0.25) is 0 Å². The number of hydrogen-bond donors (Lipinski definition) is 0. The molecule has 4 nitrogen and oxygen atoms in total. The molecular weight excluding hydrogens is 781 g/mol. The van der Waals surface area contributed by atoms with E-state index in [1.165, 1.54) is 22.3 Å². The zero-order valence-corrected chi connectivity index (χ0v) is 36.9. The van der Waals surface area contributed by atoms with Crippen LogP contribution in [0.25, 0.3) is 121 Å². The normalized spacial score (nSPS) is 12.5. The second kappa shape index (κ2) is 14.0. The monoisotopic (exact) mass is 826 g/mol. The van der Waals surface area contributed by atoms with Crippen molar-refractivity contribution in [3.63, 3.8) is 0 Å². The van der Waals surface area contributed by atoms with Crippen LogP contribution < -0.4 is 0 Å². The Balaban J connectivity index is 1.03. The molecule has 4 heteroatoms. The number of benzene rings is 9. The quantitative estimate of drug-likeness (QED) is 0.166. The number of para-hydroxylation sites is 2. The first-order valence-electron chi connectivity index (χ1n) is 22.2. The smallest absolute Gasteiger partial charge is 0.147 e. The highest BCUT2D eigenvalue weighted by atomic mass is 16.3. The van der Waals surface area contributed by atoms with Gasteiger partial charge in [0.1, 0.15) is 22.3 Å². The average Bonchev–Trinajstić information content (AvgIpc) is 3.89. The summed E-state index contributed by atoms with van der Waals surface area (Å²) in [5, 5.41) is 8.69. The van der Waals surface area contributed by atoms with Gasteiger partial charge < -0.3 is 8.83 Å². The molecule has 3 heterocycles. The van der Waals surface area contributed by atoms with Crippen LogP contribution in [0.15, 0.2) is 179 Å². The molecule has 0 unspecified atom stereocenters. The highest BCUT2D eigenvalue weighted by Gasteiger charge is 2.21. The van der Waals surface area contributed by atoms with Gasteiger partial charge in [-0.15, -0.1) is 0 Å². The van der Waals surface area contributed by atoms with Gasteiger partial charge in [0.05, 0.1) is 28.3 Å². The lowest BCUT2D eigenvalue weighted by Crippen LogP contribution is -2.10. The molecule has 64 heavy (non-hydrogen) atoms. The van der Waals surface area contributed by atoms with Crippen LogP contribution in [-0.2, 0) is 10.8 Å². The van der Waals surface area contributed by atoms with Gasteiger partial charge in [0.15, 0.2) is 0 Å². The number of furan rings is 2. The average molecular weight is 827 g/mol. The summed E-state index contributed by atoms with van der Waals surface area (Å²) in [7, 11) is 0. The third-order valence-electron chi connectivity index (χ3n) is 13.3. The highest BCUT2D eigenvalue weighted by Crippen LogP contribution is 2.43. The van der Waals surface area contributed by atoms with E-state index in [-0.39, 0.29) is 10.8 Å². The summed E-state index contributed by atoms with van der Waals surface area (Å²) in [6.45, 7) is 13.5. The predicted molar refractivity (Wildman–Crippen MR) is 268 cm³/mol. The van der Waals surface area contributed by atoms with Crippen molar-refractivity contribution in [2.45, 2.75) is 52.4 Å². The van der Waals surface area contributed by atoms with Crippen molar-refractivity contribution >= 4 is 76.5 Å². The number of nitrogens with zero attached hydrogens (tertiary/aromatic N) is 2. The van der Waals surface area contributed by atoms with Gasteiger partial charge in [0, 0.05) is 38.1 Å². The van der Waals surface area contributed by atoms with E-state index in [1.807, 2.05) is 24.4 Å². The number of hydrogen-bond acceptors (Lipinski definition) is 4. The Hall–Kier alpha value is -7.56. The SMILES string of the molecule is CC(C)(C)c1ccc(-c2ccc3c4ccc(-c5ccc(C(C)(C)C)cc5)cc4c4nc(-c5cccc(-c6cccc7c6oc6c7ccc7oc8ccccc8c76)c5)cnc4c3c2)cc1. The summed E-state index contributed by atoms with van der Waals surface area (Å²) in [4.78, 5) is 10.8. The Labute approximate surface area is 371 Å². The molecule has 0 radical (unpaired) electrons. The molecule has 0 saturated heterocycles. The summed E-state index contributed by atoms with van der Waals surface area (Å²) >= 11 is 0. The van der Waals surface area contributed by atoms with Crippen molar-refractivity contribution in [3.05, 3.63) is 181 Å². The minimum Gasteiger partial charge on any atom is -0.456 e. The van der Waals surface area contributed by atoms with Crippen LogP contribution >= 0.6 is 0 Å². The Kier molecular flexibility index (Phi) is 8.33. The van der Waals surface area contributed by atoms with Gasteiger partial charge in [-0.25, -0.2) is 4.98 Å². The lowest BCUT2D eigenvalue weighted by Gasteiger charge is -2.19. The predicted octanol–water partition coefficient (Wildman–Crippen LogP) is 17.0. The molecule has 0 fully saturated rings. The minimum absolute atomic E-state index is 0.0781. The van der Waals surface area contributed by atoms with Gasteiger partial charge in [0.25, 0.3) is 0 Å². The van der Waals surface area contributed by atoms with Crippen LogP contribution in [0.2, 0.25) is 0 Å². The third-order valence-corrected chi connectivity index (χ3v) is 13.3. The largest absolute Gasteiger partial charge is 0.456 e. The molecule has 9 aromatic carbocycles. The molecule has 308 valence electrons. The van der Waals surface area contributed by atoms with E-state index in [0.29, 0.717) is 0 Å². The van der Waals surface area contributed by atoms with Crippen molar-refractivity contribution in [2.24, 2.45) is 0 Å². The van der Waals surface area contributed by atoms with Gasteiger partial charge >= 0.3 is 0 Å². The number of fused-ring (bicyclic) bond motifs is 13. The van der Waals surface area contributed by atoms with Gasteiger partial charge in [-0.1, -0.05) is 169 Å². The van der Waals surface area contributed by atoms with Crippen LogP contribution in [0, 0.1) is 0 Å². The number of rotatable bonds is 4. The van der Waals surface area contributed by atoms with Crippen LogP contribution in [0.3, 0.4) is 0 Å². The molecule has 12 aromatic rings. The molecule has 0 aliphatic carbocycles. The minimum atomic E-state index is 0.0781. The highest BCUT2D eigenvalue weighted by molar-refractivity contribution is 6.25. The Morgan fingerprint density at radius 3 is 1.61 bits per heavy atom. The van der Waals surface area contributed by atoms with Crippen molar-refractivity contribution < 1.29 is 8.83 Å². The summed E-state index contributed by atoms with van der Waals surface area (Å²) in [6, 6.07) is 58.9. The first-order valence-corrected chi connectivity index (χ1v) is 22.2. The van der Waals surface area contributed by atoms with Crippen molar-refractivity contribution in [2.75, 3.05) is 0 Å². The molecule has 0 bridgehead atoms. The fraction of sp³-hybridized carbons (Fsp3) is 0.133. The maximum Gasteiger partial charge on any atom is 0.147 e. The molecule has 3 aromatic heterocycles. The van der Waals surface area contributed by atoms with Gasteiger partial charge in [-0.2, -0.15) is 0 Å². The van der Waals surface area contributed by atoms with E-state index in [1.54, 1.807) is 0 Å². The molecule has 0 saturated carbocycles. The Morgan fingerprint density at radius 2 is 0.938 bits per heavy atom. The Morgan fingerprint density at radius 1 is 0.375 bits per heavy atom. The number of aromatic nitrogens is 2. The van der Waals surface area contributed by atoms with E-state index in [9.17, 15) is 0 Å². The third kappa shape index (κ3) is 6.12. The molecule has 0 aliphatic heterocycles. The van der Waals surface area contributed by atoms with E-state index in [2.05, 4.69) is 187 Å². The zero-order chi connectivity index (χ0) is 43.5. The standard InChI is InChI=1S/C60H46N2O2/c1-59(2,3)41-23-17-35(18-24-41)37-21-27-44-45-28-22-38(36-19-25-42(26-20-36)60(4,5)6)33-50(45)56-55(49(44)32-37)61-34-51(62-56)40-12-9-11-39(31-40)43-14-10-15-46-47-29-30-53-54(58(47)64-57(43)46)48-13-7-8-16-52(48)63-53/h7-34H,1-6H3. The van der Waals surface area contributed by atoms with E-state index in [0.717, 1.165) is 110 Å². The van der Waals surface area contributed by atoms with E-state index < -0.39 is 0 Å². The Bertz CT molecular complexity index is 3840. The first-order chi connectivity index (χ1) is 31.0. The van der Waals surface area contributed by atoms with Gasteiger partial charge in [-0.3, -0.25) is 4.98 Å². The molecule has 0 amide bonds. The maximum absolute atomic E-state index is 6.85. The lowest BCUT2D eigenvalue weighted by molar-refractivity contribution is 0.590. The fourth-order valence-corrected chi connectivity index (χ4v) is 9.69. The lowest BCUT2D eigenvalue weighted by atomic mass is 9.86. The first kappa shape index (κ1) is 38.1. The van der Waals surface area contributed by atoms with Gasteiger partial charge in [-0.05, 0) is 96.9 Å². The zero-order valence-electron chi connectivity index (χ0n) is 36.9.